The third-order valence-electron chi connectivity index (χ3n) is 16.3. The van der Waals surface area contributed by atoms with Crippen molar-refractivity contribution in [2.75, 3.05) is 26.2 Å². The second-order valence-electron chi connectivity index (χ2n) is 23.4. The number of carbonyl (C=O) groups is 13. The number of primary amides is 1. The normalized spacial score (nSPS) is 26.3. The molecule has 1 unspecified atom stereocenters. The van der Waals surface area contributed by atoms with E-state index in [1.54, 1.807) is 12.1 Å². The largest absolute Gasteiger partial charge is 0.481 e. The van der Waals surface area contributed by atoms with E-state index in [9.17, 15) is 72.5 Å². The van der Waals surface area contributed by atoms with Gasteiger partial charge in [0.05, 0.1) is 43.4 Å². The van der Waals surface area contributed by atoms with Crippen LogP contribution in [0, 0.1) is 17.2 Å². The zero-order valence-electron chi connectivity index (χ0n) is 51.2. The number of hydrogen-bond acceptors (Lipinski definition) is 17. The third-order valence-corrected chi connectivity index (χ3v) is 16.3. The number of fused-ring (bicyclic) bond motifs is 10. The van der Waals surface area contributed by atoms with Crippen molar-refractivity contribution in [1.82, 2.24) is 52.4 Å². The number of guanidine groups is 1. The Balaban J connectivity index is 1.65. The predicted octanol–water partition coefficient (Wildman–Crippen LogP) is -3.64. The highest BCUT2D eigenvalue weighted by Crippen LogP contribution is 2.24. The molecule has 500 valence electrons. The number of aliphatic hydroxyl groups excluding tert-OH is 1. The van der Waals surface area contributed by atoms with E-state index in [2.05, 4.69) is 52.5 Å². The molecule has 1 aromatic carbocycles. The Morgan fingerprint density at radius 3 is 1.99 bits per heavy atom. The van der Waals surface area contributed by atoms with Gasteiger partial charge in [0.2, 0.25) is 59.1 Å². The lowest BCUT2D eigenvalue weighted by Gasteiger charge is -2.30. The number of aromatic nitrogens is 1. The number of aliphatic carboxylic acids is 1. The van der Waals surface area contributed by atoms with E-state index in [1.807, 2.05) is 18.2 Å². The van der Waals surface area contributed by atoms with Crippen molar-refractivity contribution in [2.45, 2.75) is 190 Å². The van der Waals surface area contributed by atoms with Crippen molar-refractivity contribution < 1.29 is 72.5 Å². The number of nitrogens with two attached hydrogens (primary N) is 5. The van der Waals surface area contributed by atoms with Gasteiger partial charge in [0.25, 0.3) is 0 Å². The van der Waals surface area contributed by atoms with E-state index in [0.717, 1.165) is 15.8 Å². The van der Waals surface area contributed by atoms with E-state index >= 15 is 0 Å². The minimum Gasteiger partial charge on any atom is -0.481 e. The Morgan fingerprint density at radius 1 is 0.681 bits per heavy atom. The van der Waals surface area contributed by atoms with E-state index in [4.69, 9.17) is 34.1 Å². The van der Waals surface area contributed by atoms with Crippen molar-refractivity contribution in [3.8, 4) is 0 Å². The highest BCUT2D eigenvalue weighted by atomic mass is 16.4. The second-order valence-corrected chi connectivity index (χ2v) is 23.4. The summed E-state index contributed by atoms with van der Waals surface area (Å²) < 4.78 is 0. The summed E-state index contributed by atoms with van der Waals surface area (Å²) in [6, 6.07) is -4.45. The molecular formula is C59H89N17O15. The molecule has 0 spiro atoms. The second kappa shape index (κ2) is 35.9. The van der Waals surface area contributed by atoms with Gasteiger partial charge in [-0.1, -0.05) is 50.3 Å². The van der Waals surface area contributed by atoms with Crippen molar-refractivity contribution in [3.05, 3.63) is 36.0 Å². The van der Waals surface area contributed by atoms with Gasteiger partial charge in [0.15, 0.2) is 17.5 Å². The minimum atomic E-state index is -1.89. The number of nitrogens with one attached hydrogen (secondary N) is 10. The number of hydrogen-bond donors (Lipinski definition) is 17. The Bertz CT molecular complexity index is 2970. The summed E-state index contributed by atoms with van der Waals surface area (Å²) in [5.74, 6) is -15.2. The summed E-state index contributed by atoms with van der Waals surface area (Å²) in [6.07, 6.45) is -1.93. The van der Waals surface area contributed by atoms with Gasteiger partial charge in [-0.15, -0.1) is 0 Å². The maximum absolute atomic E-state index is 14.7. The molecule has 22 N–H and O–H groups in total. The zero-order chi connectivity index (χ0) is 66.9. The topological polar surface area (TPSA) is 544 Å². The summed E-state index contributed by atoms with van der Waals surface area (Å²) in [6.45, 7) is -0.458. The number of aliphatic imine (C=N–C) groups is 1. The van der Waals surface area contributed by atoms with Crippen LogP contribution >= 0.6 is 0 Å². The maximum atomic E-state index is 14.7. The highest BCUT2D eigenvalue weighted by Gasteiger charge is 2.42. The zero-order valence-corrected chi connectivity index (χ0v) is 51.2. The average Bonchev–Trinajstić information content (AvgIpc) is 2.00. The third kappa shape index (κ3) is 23.0. The van der Waals surface area contributed by atoms with Crippen molar-refractivity contribution in [1.29, 1.82) is 5.41 Å². The lowest BCUT2D eigenvalue weighted by molar-refractivity contribution is -0.146. The van der Waals surface area contributed by atoms with E-state index in [-0.39, 0.29) is 128 Å². The first-order valence-electron chi connectivity index (χ1n) is 30.8. The van der Waals surface area contributed by atoms with Crippen LogP contribution in [0.2, 0.25) is 0 Å². The van der Waals surface area contributed by atoms with Crippen LogP contribution in [-0.2, 0) is 68.7 Å². The van der Waals surface area contributed by atoms with Gasteiger partial charge in [0, 0.05) is 49.5 Å². The van der Waals surface area contributed by atoms with Crippen LogP contribution < -0.4 is 71.2 Å². The summed E-state index contributed by atoms with van der Waals surface area (Å²) in [7, 11) is 0. The number of benzene rings is 1. The van der Waals surface area contributed by atoms with Gasteiger partial charge >= 0.3 is 5.97 Å². The number of ketones is 2. The van der Waals surface area contributed by atoms with E-state index < -0.39 is 175 Å². The molecule has 3 fully saturated rings. The van der Waals surface area contributed by atoms with Crippen molar-refractivity contribution in [3.63, 3.8) is 0 Å². The van der Waals surface area contributed by atoms with Crippen LogP contribution in [0.3, 0.4) is 0 Å². The number of carboxylic acid groups (broad SMARTS) is 1. The van der Waals surface area contributed by atoms with Crippen LogP contribution in [0.15, 0.2) is 35.3 Å². The number of nitrogens with zero attached hydrogens (tertiary/aromatic N) is 2. The van der Waals surface area contributed by atoms with E-state index in [0.29, 0.717) is 12.1 Å². The minimum absolute atomic E-state index is 0.0116. The van der Waals surface area contributed by atoms with E-state index in [1.165, 1.54) is 6.92 Å². The molecular weight excluding hydrogens is 1190 g/mol. The number of Topliss-reactive ketones (excluding diaryl/α,β-unsaturated/α-hetero) is 2. The van der Waals surface area contributed by atoms with Gasteiger partial charge in [0.1, 0.15) is 42.3 Å². The van der Waals surface area contributed by atoms with Crippen LogP contribution in [0.4, 0.5) is 0 Å². The molecule has 4 heterocycles. The van der Waals surface area contributed by atoms with Gasteiger partial charge < -0.3 is 91.3 Å². The molecule has 0 aliphatic carbocycles. The number of rotatable bonds is 17. The summed E-state index contributed by atoms with van der Waals surface area (Å²) in [5.41, 5.74) is 29.5. The standard InChI is InChI=1S/C59H89N17O15/c1-31-45(78)27-34(25-35-24-32-12-2-4-14-36(32)68-35)52(85)71-40(18-8-9-21-47(61)62)54(87)70-38(50(63)83)16-5-3-13-33-26-46(79)37(69-48(80)29-60)15-6-7-17-39(53(86)67-31)72-55(88)41(19-10-22-66-59(64)65)73-57(90)44-20-11-23-76(44)58(91)42(28-49(81)82)74-56(89)43(30-77)75-51(33)84/h2,4,12,14,24,31,33-34,37-44,68,77H,3,5-11,13,15-23,25-30,60H2,1H3,(H3,61,62)(H2,63,83)(H,67,86)(H,69,80)(H,70,87)(H,71,85)(H,72,88)(H,73,90)(H,74,89)(H,75,84)(H,81,82)(H4,64,65,66)/t31-,33+,34+,37-,38-,39-,40-,41-,42-,43-,44?/m0/s1. The first-order chi connectivity index (χ1) is 43.3. The molecule has 3 saturated heterocycles. The fourth-order valence-electron chi connectivity index (χ4n) is 11.3. The fourth-order valence-corrected chi connectivity index (χ4v) is 11.3. The lowest BCUT2D eigenvalue weighted by atomic mass is 9.90. The molecule has 1 aromatic heterocycles. The Labute approximate surface area is 525 Å². The van der Waals surface area contributed by atoms with Crippen LogP contribution in [-0.4, -0.2) is 189 Å². The number of carbonyl (C=O) groups excluding carboxylic acids is 12. The van der Waals surface area contributed by atoms with Gasteiger partial charge in [-0.2, -0.15) is 0 Å². The quantitative estimate of drug-likeness (QED) is 0.0413. The van der Waals surface area contributed by atoms with Crippen LogP contribution in [0.25, 0.3) is 10.9 Å². The average molecular weight is 1280 g/mol. The molecule has 11 atom stereocenters. The summed E-state index contributed by atoms with van der Waals surface area (Å²) in [4.78, 5) is 191. The molecule has 32 heteroatoms. The van der Waals surface area contributed by atoms with Crippen molar-refractivity contribution >= 4 is 99.3 Å². The highest BCUT2D eigenvalue weighted by molar-refractivity contribution is 6.00. The molecule has 2 bridgehead atoms. The number of aliphatic hydroxyl groups is 1. The van der Waals surface area contributed by atoms with Crippen LogP contribution in [0.5, 0.6) is 0 Å². The monoisotopic (exact) mass is 1280 g/mol. The Kier molecular flexibility index (Phi) is 28.7. The first-order valence-corrected chi connectivity index (χ1v) is 30.8. The molecule has 2 aromatic rings. The molecule has 32 nitrogen and oxygen atoms in total. The molecule has 0 saturated carbocycles. The Hall–Kier alpha value is -9.07. The smallest absolute Gasteiger partial charge is 0.305 e. The molecule has 5 rings (SSSR count). The van der Waals surface area contributed by atoms with Gasteiger partial charge in [-0.25, -0.2) is 0 Å². The summed E-state index contributed by atoms with van der Waals surface area (Å²) in [5, 5.41) is 49.6. The molecule has 91 heavy (non-hydrogen) atoms. The number of carboxylic acids is 1. The maximum Gasteiger partial charge on any atom is 0.305 e. The lowest BCUT2D eigenvalue weighted by Crippen LogP contribution is -2.59. The number of para-hydroxylation sites is 1. The summed E-state index contributed by atoms with van der Waals surface area (Å²) >= 11 is 0. The fraction of sp³-hybridized carbons (Fsp3) is 0.610. The number of amides is 10. The number of H-pyrrole nitrogens is 1. The molecule has 10 amide bonds. The first kappa shape index (κ1) is 72.7. The Morgan fingerprint density at radius 2 is 1.32 bits per heavy atom. The van der Waals surface area contributed by atoms with Gasteiger partial charge in [-0.3, -0.25) is 72.7 Å². The number of unbranched alkanes of at least 4 members (excludes halogenated alkanes) is 1. The number of amidine groups is 1. The SMILES string of the molecule is C[C@@H]1NC(=O)[C@@H]2CCCC[C@H](NC(=O)CN)C(=O)C[C@@H](CCCC[C@@H](C(N)=O)NC(=O)[C@H](CCCCC(=N)N)NC(=O)[C@H](Cc3cc4ccccc4[nH]3)CC1=O)C(=O)N[C@@H](CO)C(=O)N[C@@H](CC(=O)O)C(=O)N1CCCC1C(=O)N[C@@H](CCCN=C(N)N)C(=O)N2. The molecule has 0 radical (unpaired) electrons. The van der Waals surface area contributed by atoms with Crippen molar-refractivity contribution in [2.24, 2.45) is 45.5 Å². The molecule has 3 aliphatic heterocycles. The molecule has 3 aliphatic rings. The van der Waals surface area contributed by atoms with Crippen LogP contribution in [0.1, 0.15) is 135 Å². The number of aromatic amines is 1. The van der Waals surface area contributed by atoms with Gasteiger partial charge in [-0.05, 0) is 95.1 Å². The predicted molar refractivity (Wildman–Crippen MR) is 329 cm³/mol.